The van der Waals surface area contributed by atoms with E-state index in [2.05, 4.69) is 10.6 Å². The first-order valence-electron chi connectivity index (χ1n) is 6.46. The van der Waals surface area contributed by atoms with Gasteiger partial charge in [-0.3, -0.25) is 14.9 Å². The molecular weight excluding hydrogens is 302 g/mol. The van der Waals surface area contributed by atoms with Gasteiger partial charge < -0.3 is 10.6 Å². The number of nitro groups is 1. The third kappa shape index (κ3) is 3.56. The highest BCUT2D eigenvalue weighted by Gasteiger charge is 2.16. The maximum Gasteiger partial charge on any atom is 0.270 e. The molecule has 0 atom stereocenters. The third-order valence-electron chi connectivity index (χ3n) is 3.06. The molecule has 114 valence electrons. The largest absolute Gasteiger partial charge is 0.387 e. The Bertz CT molecular complexity index is 719. The predicted octanol–water partition coefficient (Wildman–Crippen LogP) is 3.61. The summed E-state index contributed by atoms with van der Waals surface area (Å²) in [6, 6.07) is 11.5. The Morgan fingerprint density at radius 3 is 2.64 bits per heavy atom. The van der Waals surface area contributed by atoms with Gasteiger partial charge >= 0.3 is 0 Å². The van der Waals surface area contributed by atoms with Crippen LogP contribution < -0.4 is 10.6 Å². The minimum Gasteiger partial charge on any atom is -0.387 e. The van der Waals surface area contributed by atoms with Gasteiger partial charge in [-0.15, -0.1) is 11.8 Å². The highest BCUT2D eigenvalue weighted by molar-refractivity contribution is 7.98. The van der Waals surface area contributed by atoms with Gasteiger partial charge in [0.25, 0.3) is 11.6 Å². The average molecular weight is 317 g/mol. The molecule has 2 rings (SSSR count). The number of carbonyl (C=O) groups excluding carboxylic acids is 1. The molecule has 7 heteroatoms. The molecule has 2 aromatic carbocycles. The van der Waals surface area contributed by atoms with E-state index >= 15 is 0 Å². The molecule has 0 unspecified atom stereocenters. The van der Waals surface area contributed by atoms with Crippen LogP contribution in [0.4, 0.5) is 17.1 Å². The molecule has 2 aromatic rings. The first kappa shape index (κ1) is 15.8. The zero-order valence-electron chi connectivity index (χ0n) is 12.1. The number of non-ortho nitro benzene ring substituents is 1. The normalized spacial score (nSPS) is 10.1. The molecule has 6 nitrogen and oxygen atoms in total. The van der Waals surface area contributed by atoms with E-state index in [1.165, 1.54) is 18.2 Å². The van der Waals surface area contributed by atoms with Gasteiger partial charge in [0.15, 0.2) is 0 Å². The van der Waals surface area contributed by atoms with Crippen LogP contribution >= 0.6 is 11.8 Å². The van der Waals surface area contributed by atoms with Crippen molar-refractivity contribution >= 4 is 34.7 Å². The fourth-order valence-electron chi connectivity index (χ4n) is 1.95. The van der Waals surface area contributed by atoms with Crippen molar-refractivity contribution in [2.75, 3.05) is 23.9 Å². The van der Waals surface area contributed by atoms with E-state index in [0.717, 1.165) is 4.90 Å². The highest BCUT2D eigenvalue weighted by atomic mass is 32.2. The van der Waals surface area contributed by atoms with Gasteiger partial charge in [0.1, 0.15) is 0 Å². The predicted molar refractivity (Wildman–Crippen MR) is 88.8 cm³/mol. The van der Waals surface area contributed by atoms with Crippen molar-refractivity contribution in [3.63, 3.8) is 0 Å². The second-order valence-electron chi connectivity index (χ2n) is 4.42. The fraction of sp³-hybridized carbons (Fsp3) is 0.133. The van der Waals surface area contributed by atoms with E-state index in [0.29, 0.717) is 11.4 Å². The number of amides is 1. The fourth-order valence-corrected chi connectivity index (χ4v) is 2.41. The zero-order chi connectivity index (χ0) is 16.1. The van der Waals surface area contributed by atoms with Gasteiger partial charge in [-0.05, 0) is 30.5 Å². The number of hydrogen-bond acceptors (Lipinski definition) is 5. The standard InChI is InChI=1S/C15H15N3O3S/c1-16-14-7-6-11(18(20)21)9-13(14)15(19)17-10-4-3-5-12(8-10)22-2/h3-9,16H,1-2H3,(H,17,19). The molecule has 0 aliphatic rings. The SMILES string of the molecule is CNc1ccc([N+](=O)[O-])cc1C(=O)Nc1cccc(SC)c1. The average Bonchev–Trinajstić information content (AvgIpc) is 2.54. The van der Waals surface area contributed by atoms with E-state index in [9.17, 15) is 14.9 Å². The van der Waals surface area contributed by atoms with Crippen molar-refractivity contribution in [3.8, 4) is 0 Å². The van der Waals surface area contributed by atoms with Gasteiger partial charge in [-0.2, -0.15) is 0 Å². The minimum atomic E-state index is -0.523. The lowest BCUT2D eigenvalue weighted by Crippen LogP contribution is -2.14. The van der Waals surface area contributed by atoms with Crippen LogP contribution in [0.3, 0.4) is 0 Å². The summed E-state index contributed by atoms with van der Waals surface area (Å²) in [6.45, 7) is 0. The Labute approximate surface area is 132 Å². The van der Waals surface area contributed by atoms with E-state index in [1.54, 1.807) is 24.9 Å². The zero-order valence-corrected chi connectivity index (χ0v) is 12.9. The van der Waals surface area contributed by atoms with Gasteiger partial charge in [-0.1, -0.05) is 6.07 Å². The van der Waals surface area contributed by atoms with Crippen LogP contribution in [0, 0.1) is 10.1 Å². The Hall–Kier alpha value is -2.54. The molecule has 0 aliphatic heterocycles. The number of hydrogen-bond donors (Lipinski definition) is 2. The molecule has 0 aliphatic carbocycles. The highest BCUT2D eigenvalue weighted by Crippen LogP contribution is 2.24. The molecule has 1 amide bonds. The van der Waals surface area contributed by atoms with Crippen molar-refractivity contribution in [2.45, 2.75) is 4.90 Å². The minimum absolute atomic E-state index is 0.123. The number of benzene rings is 2. The van der Waals surface area contributed by atoms with Crippen molar-refractivity contribution in [1.82, 2.24) is 0 Å². The lowest BCUT2D eigenvalue weighted by Gasteiger charge is -2.10. The summed E-state index contributed by atoms with van der Waals surface area (Å²) in [5.41, 5.74) is 1.28. The number of nitro benzene ring substituents is 1. The summed E-state index contributed by atoms with van der Waals surface area (Å²) >= 11 is 1.57. The molecule has 0 saturated carbocycles. The Morgan fingerprint density at radius 2 is 2.00 bits per heavy atom. The Balaban J connectivity index is 2.31. The molecule has 0 radical (unpaired) electrons. The van der Waals surface area contributed by atoms with E-state index in [1.807, 2.05) is 24.5 Å². The van der Waals surface area contributed by atoms with Crippen molar-refractivity contribution < 1.29 is 9.72 Å². The van der Waals surface area contributed by atoms with Crippen molar-refractivity contribution in [3.05, 3.63) is 58.1 Å². The third-order valence-corrected chi connectivity index (χ3v) is 3.78. The molecule has 0 heterocycles. The summed E-state index contributed by atoms with van der Waals surface area (Å²) < 4.78 is 0. The lowest BCUT2D eigenvalue weighted by molar-refractivity contribution is -0.384. The lowest BCUT2D eigenvalue weighted by atomic mass is 10.1. The van der Waals surface area contributed by atoms with E-state index < -0.39 is 10.8 Å². The van der Waals surface area contributed by atoms with Crippen molar-refractivity contribution in [2.24, 2.45) is 0 Å². The summed E-state index contributed by atoms with van der Waals surface area (Å²) in [7, 11) is 1.66. The maximum absolute atomic E-state index is 12.4. The van der Waals surface area contributed by atoms with Crippen LogP contribution in [0.2, 0.25) is 0 Å². The number of anilines is 2. The number of nitrogens with zero attached hydrogens (tertiary/aromatic N) is 1. The molecule has 0 fully saturated rings. The first-order valence-corrected chi connectivity index (χ1v) is 7.69. The summed E-state index contributed by atoms with van der Waals surface area (Å²) in [6.07, 6.45) is 1.95. The molecule has 0 saturated heterocycles. The Morgan fingerprint density at radius 1 is 1.23 bits per heavy atom. The number of thioether (sulfide) groups is 1. The van der Waals surface area contributed by atoms with E-state index in [-0.39, 0.29) is 11.3 Å². The van der Waals surface area contributed by atoms with Crippen molar-refractivity contribution in [1.29, 1.82) is 0 Å². The number of nitrogens with one attached hydrogen (secondary N) is 2. The van der Waals surface area contributed by atoms with Gasteiger partial charge in [0.05, 0.1) is 10.5 Å². The van der Waals surface area contributed by atoms with Crippen LogP contribution in [-0.2, 0) is 0 Å². The van der Waals surface area contributed by atoms with Gasteiger partial charge in [-0.25, -0.2) is 0 Å². The monoisotopic (exact) mass is 317 g/mol. The van der Waals surface area contributed by atoms with Gasteiger partial charge in [0.2, 0.25) is 0 Å². The van der Waals surface area contributed by atoms with Crippen LogP contribution in [0.5, 0.6) is 0 Å². The Kier molecular flexibility index (Phi) is 5.00. The smallest absolute Gasteiger partial charge is 0.270 e. The van der Waals surface area contributed by atoms with Crippen LogP contribution in [-0.4, -0.2) is 24.1 Å². The van der Waals surface area contributed by atoms with E-state index in [4.69, 9.17) is 0 Å². The van der Waals surface area contributed by atoms with Crippen LogP contribution in [0.15, 0.2) is 47.4 Å². The number of carbonyl (C=O) groups is 1. The second kappa shape index (κ2) is 6.95. The molecule has 0 aromatic heterocycles. The summed E-state index contributed by atoms with van der Waals surface area (Å²) in [4.78, 5) is 23.8. The molecule has 0 spiro atoms. The maximum atomic E-state index is 12.4. The molecule has 2 N–H and O–H groups in total. The molecule has 0 bridgehead atoms. The topological polar surface area (TPSA) is 84.3 Å². The summed E-state index contributed by atoms with van der Waals surface area (Å²) in [5.74, 6) is -0.397. The second-order valence-corrected chi connectivity index (χ2v) is 5.30. The first-order chi connectivity index (χ1) is 10.5. The summed E-state index contributed by atoms with van der Waals surface area (Å²) in [5, 5.41) is 16.5. The quantitative estimate of drug-likeness (QED) is 0.500. The van der Waals surface area contributed by atoms with Crippen LogP contribution in [0.1, 0.15) is 10.4 Å². The number of rotatable bonds is 5. The molecular formula is C15H15N3O3S. The van der Waals surface area contributed by atoms with Gasteiger partial charge in [0, 0.05) is 35.5 Å². The molecule has 22 heavy (non-hydrogen) atoms. The van der Waals surface area contributed by atoms with Crippen LogP contribution in [0.25, 0.3) is 0 Å².